The predicted octanol–water partition coefficient (Wildman–Crippen LogP) is 4.06. The highest BCUT2D eigenvalue weighted by Gasteiger charge is 2.25. The molecule has 0 unspecified atom stereocenters. The SMILES string of the molecule is C1CCC2=C(C1)CC1=C(CCCC1)O2. The van der Waals surface area contributed by atoms with Gasteiger partial charge in [0.2, 0.25) is 0 Å². The minimum absolute atomic E-state index is 1.20. The summed E-state index contributed by atoms with van der Waals surface area (Å²) in [7, 11) is 0. The first kappa shape index (κ1) is 8.58. The minimum atomic E-state index is 1.20. The normalized spacial score (nSPS) is 26.9. The van der Waals surface area contributed by atoms with Gasteiger partial charge >= 0.3 is 0 Å². The third kappa shape index (κ3) is 1.39. The summed E-state index contributed by atoms with van der Waals surface area (Å²) >= 11 is 0. The Morgan fingerprint density at radius 1 is 0.643 bits per heavy atom. The number of hydrogen-bond donors (Lipinski definition) is 0. The van der Waals surface area contributed by atoms with Gasteiger partial charge in [-0.2, -0.15) is 0 Å². The van der Waals surface area contributed by atoms with Crippen LogP contribution in [0.15, 0.2) is 22.7 Å². The minimum Gasteiger partial charge on any atom is -0.466 e. The smallest absolute Gasteiger partial charge is 0.103 e. The number of allylic oxidation sites excluding steroid dienone is 4. The van der Waals surface area contributed by atoms with E-state index in [0.29, 0.717) is 0 Å². The summed E-state index contributed by atoms with van der Waals surface area (Å²) in [6.45, 7) is 0. The Morgan fingerprint density at radius 2 is 1.14 bits per heavy atom. The lowest BCUT2D eigenvalue weighted by molar-refractivity contribution is 0.233. The Balaban J connectivity index is 1.84. The van der Waals surface area contributed by atoms with Gasteiger partial charge in [0, 0.05) is 12.8 Å². The van der Waals surface area contributed by atoms with E-state index < -0.39 is 0 Å². The van der Waals surface area contributed by atoms with E-state index in [1.165, 1.54) is 69.3 Å². The van der Waals surface area contributed by atoms with Crippen LogP contribution in [0, 0.1) is 0 Å². The van der Waals surface area contributed by atoms with Crippen molar-refractivity contribution in [2.24, 2.45) is 0 Å². The van der Waals surface area contributed by atoms with Gasteiger partial charge in [-0.3, -0.25) is 0 Å². The fraction of sp³-hybridized carbons (Fsp3) is 0.692. The molecule has 0 spiro atoms. The Bertz CT molecular complexity index is 249. The molecule has 1 heterocycles. The molecule has 1 nitrogen and oxygen atoms in total. The van der Waals surface area contributed by atoms with Gasteiger partial charge in [-0.1, -0.05) is 0 Å². The third-order valence-corrected chi connectivity index (χ3v) is 3.73. The largest absolute Gasteiger partial charge is 0.466 e. The van der Waals surface area contributed by atoms with E-state index in [-0.39, 0.29) is 0 Å². The summed E-state index contributed by atoms with van der Waals surface area (Å²) in [5.41, 5.74) is 3.24. The van der Waals surface area contributed by atoms with Gasteiger partial charge in [-0.15, -0.1) is 0 Å². The average Bonchev–Trinajstić information content (AvgIpc) is 2.26. The monoisotopic (exact) mass is 190 g/mol. The molecular formula is C13H18O. The van der Waals surface area contributed by atoms with E-state index in [1.54, 1.807) is 11.1 Å². The quantitative estimate of drug-likeness (QED) is 0.559. The van der Waals surface area contributed by atoms with E-state index in [1.807, 2.05) is 0 Å². The van der Waals surface area contributed by atoms with Crippen LogP contribution >= 0.6 is 0 Å². The number of ether oxygens (including phenoxy) is 1. The highest BCUT2D eigenvalue weighted by molar-refractivity contribution is 5.29. The molecule has 1 aliphatic heterocycles. The van der Waals surface area contributed by atoms with Crippen LogP contribution in [0.1, 0.15) is 57.8 Å². The van der Waals surface area contributed by atoms with Gasteiger partial charge in [-0.05, 0) is 56.1 Å². The molecule has 0 bridgehead atoms. The van der Waals surface area contributed by atoms with Crippen LogP contribution in [0.2, 0.25) is 0 Å². The molecule has 14 heavy (non-hydrogen) atoms. The van der Waals surface area contributed by atoms with Gasteiger partial charge in [0.05, 0.1) is 0 Å². The summed E-state index contributed by atoms with van der Waals surface area (Å²) in [5, 5.41) is 0. The van der Waals surface area contributed by atoms with Crippen LogP contribution in [0.3, 0.4) is 0 Å². The molecule has 0 atom stereocenters. The van der Waals surface area contributed by atoms with Crippen molar-refractivity contribution < 1.29 is 4.74 Å². The Kier molecular flexibility index (Phi) is 2.11. The van der Waals surface area contributed by atoms with E-state index in [0.717, 1.165) is 0 Å². The van der Waals surface area contributed by atoms with E-state index in [9.17, 15) is 0 Å². The summed E-state index contributed by atoms with van der Waals surface area (Å²) in [4.78, 5) is 0. The van der Waals surface area contributed by atoms with Crippen molar-refractivity contribution in [3.8, 4) is 0 Å². The van der Waals surface area contributed by atoms with E-state index in [2.05, 4.69) is 0 Å². The second-order valence-electron chi connectivity index (χ2n) is 4.75. The molecule has 0 aromatic carbocycles. The average molecular weight is 190 g/mol. The van der Waals surface area contributed by atoms with Crippen LogP contribution in [0.4, 0.5) is 0 Å². The molecule has 0 aromatic rings. The van der Waals surface area contributed by atoms with Crippen molar-refractivity contribution in [3.05, 3.63) is 22.7 Å². The van der Waals surface area contributed by atoms with Crippen LogP contribution < -0.4 is 0 Å². The maximum Gasteiger partial charge on any atom is 0.103 e. The lowest BCUT2D eigenvalue weighted by atomic mass is 9.85. The van der Waals surface area contributed by atoms with Crippen LogP contribution in [-0.2, 0) is 4.74 Å². The number of rotatable bonds is 0. The fourth-order valence-corrected chi connectivity index (χ4v) is 2.91. The fourth-order valence-electron chi connectivity index (χ4n) is 2.91. The van der Waals surface area contributed by atoms with Crippen LogP contribution in [0.5, 0.6) is 0 Å². The van der Waals surface area contributed by atoms with E-state index in [4.69, 9.17) is 4.74 Å². The van der Waals surface area contributed by atoms with E-state index >= 15 is 0 Å². The molecule has 3 rings (SSSR count). The topological polar surface area (TPSA) is 9.23 Å². The van der Waals surface area contributed by atoms with Crippen molar-refractivity contribution in [2.75, 3.05) is 0 Å². The maximum absolute atomic E-state index is 6.05. The summed E-state index contributed by atoms with van der Waals surface area (Å²) in [6, 6.07) is 0. The predicted molar refractivity (Wildman–Crippen MR) is 56.7 cm³/mol. The van der Waals surface area contributed by atoms with Crippen LogP contribution in [-0.4, -0.2) is 0 Å². The van der Waals surface area contributed by atoms with Crippen molar-refractivity contribution in [1.29, 1.82) is 0 Å². The standard InChI is InChI=1S/C13H18O/c1-3-7-12-10(5-1)9-11-6-2-4-8-13(11)14-12/h1-9H2. The Labute approximate surface area is 85.8 Å². The lowest BCUT2D eigenvalue weighted by Gasteiger charge is -2.31. The summed E-state index contributed by atoms with van der Waals surface area (Å²) in [5.74, 6) is 2.69. The highest BCUT2D eigenvalue weighted by atomic mass is 16.5. The van der Waals surface area contributed by atoms with Gasteiger partial charge < -0.3 is 4.74 Å². The molecule has 0 N–H and O–H groups in total. The molecule has 76 valence electrons. The first-order valence-corrected chi connectivity index (χ1v) is 6.03. The van der Waals surface area contributed by atoms with Gasteiger partial charge in [-0.25, -0.2) is 0 Å². The zero-order valence-corrected chi connectivity index (χ0v) is 8.77. The molecule has 0 amide bonds. The first-order valence-electron chi connectivity index (χ1n) is 6.03. The molecule has 0 fully saturated rings. The first-order chi connectivity index (χ1) is 6.93. The molecule has 0 saturated carbocycles. The molecule has 3 aliphatic rings. The molecular weight excluding hydrogens is 172 g/mol. The summed E-state index contributed by atoms with van der Waals surface area (Å²) < 4.78 is 6.05. The van der Waals surface area contributed by atoms with Crippen LogP contribution in [0.25, 0.3) is 0 Å². The Morgan fingerprint density at radius 3 is 1.71 bits per heavy atom. The van der Waals surface area contributed by atoms with Gasteiger partial charge in [0.15, 0.2) is 0 Å². The third-order valence-electron chi connectivity index (χ3n) is 3.73. The van der Waals surface area contributed by atoms with Crippen molar-refractivity contribution in [3.63, 3.8) is 0 Å². The van der Waals surface area contributed by atoms with Gasteiger partial charge in [0.25, 0.3) is 0 Å². The lowest BCUT2D eigenvalue weighted by Crippen LogP contribution is -2.14. The second kappa shape index (κ2) is 3.45. The Hall–Kier alpha value is -0.720. The molecule has 0 aromatic heterocycles. The number of hydrogen-bond acceptors (Lipinski definition) is 1. The zero-order valence-electron chi connectivity index (χ0n) is 8.77. The second-order valence-corrected chi connectivity index (χ2v) is 4.75. The van der Waals surface area contributed by atoms with Gasteiger partial charge in [0.1, 0.15) is 11.5 Å². The maximum atomic E-state index is 6.05. The van der Waals surface area contributed by atoms with Crippen molar-refractivity contribution >= 4 is 0 Å². The highest BCUT2D eigenvalue weighted by Crippen LogP contribution is 2.41. The zero-order chi connectivity index (χ0) is 9.38. The van der Waals surface area contributed by atoms with Crippen molar-refractivity contribution in [1.82, 2.24) is 0 Å². The summed E-state index contributed by atoms with van der Waals surface area (Å²) in [6.07, 6.45) is 11.7. The molecule has 0 saturated heterocycles. The molecule has 0 radical (unpaired) electrons. The van der Waals surface area contributed by atoms with Crippen molar-refractivity contribution in [2.45, 2.75) is 57.8 Å². The molecule has 1 heteroatoms. The molecule has 2 aliphatic carbocycles.